The average Bonchev–Trinajstić information content (AvgIpc) is 3.35. The summed E-state index contributed by atoms with van der Waals surface area (Å²) in [4.78, 5) is 28.3. The number of fused-ring (bicyclic) bond motifs is 1. The molecular weight excluding hydrogens is 392 g/mol. The van der Waals surface area contributed by atoms with Gasteiger partial charge in [0.15, 0.2) is 17.5 Å². The number of anilines is 1. The van der Waals surface area contributed by atoms with E-state index in [2.05, 4.69) is 10.3 Å². The van der Waals surface area contributed by atoms with Crippen LogP contribution >= 0.6 is 11.3 Å². The monoisotopic (exact) mass is 408 g/mol. The van der Waals surface area contributed by atoms with Crippen molar-refractivity contribution in [1.82, 2.24) is 4.98 Å². The van der Waals surface area contributed by atoms with Crippen LogP contribution in [-0.4, -0.2) is 30.4 Å². The Hall–Kier alpha value is -3.65. The first-order valence-corrected chi connectivity index (χ1v) is 9.55. The molecule has 0 bridgehead atoms. The van der Waals surface area contributed by atoms with Crippen molar-refractivity contribution in [1.29, 1.82) is 0 Å². The van der Waals surface area contributed by atoms with E-state index in [-0.39, 0.29) is 24.1 Å². The molecule has 2 heterocycles. The van der Waals surface area contributed by atoms with Crippen molar-refractivity contribution in [2.24, 2.45) is 0 Å². The first-order valence-electron chi connectivity index (χ1n) is 8.67. The molecular formula is C21H16N2O5S. The summed E-state index contributed by atoms with van der Waals surface area (Å²) in [6.45, 7) is -0.126. The highest BCUT2D eigenvalue weighted by Gasteiger charge is 2.27. The van der Waals surface area contributed by atoms with Gasteiger partial charge in [-0.1, -0.05) is 12.1 Å². The average molecular weight is 408 g/mol. The maximum atomic E-state index is 12.5. The van der Waals surface area contributed by atoms with Crippen LogP contribution in [0, 0.1) is 0 Å². The van der Waals surface area contributed by atoms with Gasteiger partial charge < -0.3 is 14.2 Å². The molecule has 7 nitrogen and oxygen atoms in total. The zero-order valence-corrected chi connectivity index (χ0v) is 16.2. The van der Waals surface area contributed by atoms with E-state index in [9.17, 15) is 9.59 Å². The molecule has 2 aromatic carbocycles. The van der Waals surface area contributed by atoms with Crippen molar-refractivity contribution in [2.75, 3.05) is 19.0 Å². The molecule has 1 aliphatic heterocycles. The number of allylic oxidation sites excluding steroid dienone is 1. The van der Waals surface area contributed by atoms with Gasteiger partial charge in [0.2, 0.25) is 5.78 Å². The van der Waals surface area contributed by atoms with E-state index in [1.54, 1.807) is 67.2 Å². The zero-order chi connectivity index (χ0) is 20.2. The van der Waals surface area contributed by atoms with Gasteiger partial charge >= 0.3 is 0 Å². The minimum absolute atomic E-state index is 0.126. The first kappa shape index (κ1) is 18.7. The summed E-state index contributed by atoms with van der Waals surface area (Å²) in [6, 6.07) is 12.1. The lowest BCUT2D eigenvalue weighted by molar-refractivity contribution is -0.118. The molecule has 0 saturated carbocycles. The number of nitrogens with one attached hydrogen (secondary N) is 1. The maximum Gasteiger partial charge on any atom is 0.264 e. The van der Waals surface area contributed by atoms with Gasteiger partial charge in [-0.25, -0.2) is 4.98 Å². The highest BCUT2D eigenvalue weighted by atomic mass is 32.1. The van der Waals surface area contributed by atoms with Gasteiger partial charge in [0.25, 0.3) is 5.91 Å². The highest BCUT2D eigenvalue weighted by molar-refractivity contribution is 7.13. The van der Waals surface area contributed by atoms with E-state index in [1.807, 2.05) is 0 Å². The van der Waals surface area contributed by atoms with Crippen LogP contribution in [0.15, 0.2) is 59.8 Å². The number of nitrogens with zero attached hydrogens (tertiary/aromatic N) is 1. The van der Waals surface area contributed by atoms with Crippen LogP contribution in [0.3, 0.4) is 0 Å². The van der Waals surface area contributed by atoms with Crippen LogP contribution in [0.4, 0.5) is 5.13 Å². The number of hydrogen-bond acceptors (Lipinski definition) is 7. The summed E-state index contributed by atoms with van der Waals surface area (Å²) in [5.41, 5.74) is 1.24. The molecule has 4 rings (SSSR count). The summed E-state index contributed by atoms with van der Waals surface area (Å²) >= 11 is 1.34. The smallest absolute Gasteiger partial charge is 0.264 e. The quantitative estimate of drug-likeness (QED) is 0.625. The molecule has 3 aromatic rings. The van der Waals surface area contributed by atoms with E-state index in [0.29, 0.717) is 27.9 Å². The summed E-state index contributed by atoms with van der Waals surface area (Å²) in [5, 5.41) is 4.95. The lowest BCUT2D eigenvalue weighted by atomic mass is 10.1. The second kappa shape index (κ2) is 8.15. The second-order valence-corrected chi connectivity index (χ2v) is 6.94. The van der Waals surface area contributed by atoms with Crippen LogP contribution in [0.25, 0.3) is 6.08 Å². The van der Waals surface area contributed by atoms with Gasteiger partial charge in [0.1, 0.15) is 17.2 Å². The Morgan fingerprint density at radius 2 is 2.00 bits per heavy atom. The SMILES string of the molecule is COc1ccc2c(c1)C(=O)/C(=C/c1ccc(OCC(=O)Nc3nccs3)cc1)O2. The Balaban J connectivity index is 1.38. The number of ether oxygens (including phenoxy) is 3. The fourth-order valence-electron chi connectivity index (χ4n) is 2.70. The lowest BCUT2D eigenvalue weighted by Gasteiger charge is -2.06. The molecule has 0 saturated heterocycles. The van der Waals surface area contributed by atoms with E-state index in [1.165, 1.54) is 11.3 Å². The van der Waals surface area contributed by atoms with Gasteiger partial charge in [0, 0.05) is 11.6 Å². The number of carbonyl (C=O) groups excluding carboxylic acids is 2. The van der Waals surface area contributed by atoms with E-state index >= 15 is 0 Å². The Morgan fingerprint density at radius 3 is 2.72 bits per heavy atom. The zero-order valence-electron chi connectivity index (χ0n) is 15.4. The predicted molar refractivity (Wildman–Crippen MR) is 109 cm³/mol. The van der Waals surface area contributed by atoms with Crippen molar-refractivity contribution in [3.05, 3.63) is 70.9 Å². The summed E-state index contributed by atoms with van der Waals surface area (Å²) in [5.74, 6) is 1.40. The van der Waals surface area contributed by atoms with Crippen LogP contribution in [-0.2, 0) is 4.79 Å². The topological polar surface area (TPSA) is 86.8 Å². The Labute approximate surface area is 170 Å². The fraction of sp³-hybridized carbons (Fsp3) is 0.0952. The van der Waals surface area contributed by atoms with E-state index in [0.717, 1.165) is 5.56 Å². The largest absolute Gasteiger partial charge is 0.497 e. The second-order valence-electron chi connectivity index (χ2n) is 6.05. The van der Waals surface area contributed by atoms with Gasteiger partial charge in [-0.2, -0.15) is 0 Å². The van der Waals surface area contributed by atoms with Gasteiger partial charge in [0.05, 0.1) is 12.7 Å². The van der Waals surface area contributed by atoms with E-state index < -0.39 is 0 Å². The number of carbonyl (C=O) groups is 2. The van der Waals surface area contributed by atoms with Gasteiger partial charge in [-0.05, 0) is 42.0 Å². The normalized spacial score (nSPS) is 13.7. The molecule has 1 aliphatic rings. The van der Waals surface area contributed by atoms with Crippen LogP contribution in [0.1, 0.15) is 15.9 Å². The van der Waals surface area contributed by atoms with Crippen LogP contribution < -0.4 is 19.5 Å². The Bertz CT molecular complexity index is 1070. The number of amides is 1. The molecule has 1 N–H and O–H groups in total. The third kappa shape index (κ3) is 4.27. The molecule has 1 amide bonds. The number of Topliss-reactive ketones (excluding diaryl/α,β-unsaturated/α-hetero) is 1. The van der Waals surface area contributed by atoms with Crippen molar-refractivity contribution in [3.8, 4) is 17.2 Å². The third-order valence-corrected chi connectivity index (χ3v) is 4.79. The molecule has 0 radical (unpaired) electrons. The lowest BCUT2D eigenvalue weighted by Crippen LogP contribution is -2.19. The molecule has 0 atom stereocenters. The summed E-state index contributed by atoms with van der Waals surface area (Å²) < 4.78 is 16.3. The maximum absolute atomic E-state index is 12.5. The number of benzene rings is 2. The first-order chi connectivity index (χ1) is 14.1. The van der Waals surface area contributed by atoms with Crippen molar-refractivity contribution in [2.45, 2.75) is 0 Å². The number of aromatic nitrogens is 1. The Kier molecular flexibility index (Phi) is 5.26. The molecule has 1 aromatic heterocycles. The summed E-state index contributed by atoms with van der Waals surface area (Å²) in [6.07, 6.45) is 3.27. The van der Waals surface area contributed by atoms with Crippen molar-refractivity contribution in [3.63, 3.8) is 0 Å². The van der Waals surface area contributed by atoms with Gasteiger partial charge in [-0.3, -0.25) is 14.9 Å². The molecule has 0 unspecified atom stereocenters. The van der Waals surface area contributed by atoms with Crippen LogP contribution in [0.5, 0.6) is 17.2 Å². The number of ketones is 1. The fourth-order valence-corrected chi connectivity index (χ4v) is 3.24. The minimum Gasteiger partial charge on any atom is -0.497 e. The summed E-state index contributed by atoms with van der Waals surface area (Å²) in [7, 11) is 1.55. The molecule has 0 fully saturated rings. The predicted octanol–water partition coefficient (Wildman–Crippen LogP) is 3.79. The minimum atomic E-state index is -0.288. The number of thiazole rings is 1. The van der Waals surface area contributed by atoms with Crippen molar-refractivity contribution < 1.29 is 23.8 Å². The van der Waals surface area contributed by atoms with Crippen LogP contribution in [0.2, 0.25) is 0 Å². The number of methoxy groups -OCH3 is 1. The standard InChI is InChI=1S/C21H16N2O5S/c1-26-15-6-7-17-16(11-15)20(25)18(28-17)10-13-2-4-14(5-3-13)27-12-19(24)23-21-22-8-9-29-21/h2-11H,12H2,1H3,(H,22,23,24)/b18-10-. The molecule has 29 heavy (non-hydrogen) atoms. The van der Waals surface area contributed by atoms with Gasteiger partial charge in [-0.15, -0.1) is 11.3 Å². The molecule has 0 spiro atoms. The molecule has 0 aliphatic carbocycles. The number of rotatable bonds is 6. The van der Waals surface area contributed by atoms with Crippen molar-refractivity contribution >= 4 is 34.2 Å². The third-order valence-electron chi connectivity index (χ3n) is 4.10. The number of hydrogen-bond donors (Lipinski definition) is 1. The Morgan fingerprint density at radius 1 is 1.21 bits per heavy atom. The van der Waals surface area contributed by atoms with E-state index in [4.69, 9.17) is 14.2 Å². The molecule has 146 valence electrons. The highest BCUT2D eigenvalue weighted by Crippen LogP contribution is 2.34. The molecule has 8 heteroatoms.